The summed E-state index contributed by atoms with van der Waals surface area (Å²) in [6, 6.07) is 8.09. The maximum Gasteiger partial charge on any atom is 0.165 e. The predicted molar refractivity (Wildman–Crippen MR) is 103 cm³/mol. The first-order chi connectivity index (χ1) is 12.8. The number of aromatic nitrogens is 1. The number of hydrogen-bond donors (Lipinski definition) is 1. The highest BCUT2D eigenvalue weighted by Crippen LogP contribution is 2.49. The summed E-state index contributed by atoms with van der Waals surface area (Å²) >= 11 is 0. The molecule has 4 rings (SSSR count). The van der Waals surface area contributed by atoms with Crippen molar-refractivity contribution in [3.8, 4) is 28.0 Å². The van der Waals surface area contributed by atoms with Gasteiger partial charge in [0.05, 0.1) is 19.9 Å². The molecule has 27 heavy (non-hydrogen) atoms. The van der Waals surface area contributed by atoms with Crippen LogP contribution >= 0.6 is 0 Å². The minimum absolute atomic E-state index is 0.199. The summed E-state index contributed by atoms with van der Waals surface area (Å²) in [7, 11) is 3.10. The molecule has 0 amide bonds. The number of ether oxygens (including phenoxy) is 1. The molecule has 0 saturated carbocycles. The molecule has 0 fully saturated rings. The zero-order valence-corrected chi connectivity index (χ0v) is 15.6. The van der Waals surface area contributed by atoms with Crippen molar-refractivity contribution in [2.24, 2.45) is 0 Å². The number of aryl methyl sites for hydroxylation is 2. The Balaban J connectivity index is 2.05. The number of nitrogens with one attached hydrogen (secondary N) is 1. The first kappa shape index (κ1) is 17.5. The van der Waals surface area contributed by atoms with Gasteiger partial charge in [0.15, 0.2) is 12.4 Å². The van der Waals surface area contributed by atoms with Crippen molar-refractivity contribution in [1.29, 1.82) is 0 Å². The van der Waals surface area contributed by atoms with Gasteiger partial charge in [-0.3, -0.25) is 0 Å². The van der Waals surface area contributed by atoms with Crippen LogP contribution in [-0.2, 0) is 0 Å². The molecule has 7 heteroatoms. The molecule has 0 radical (unpaired) electrons. The highest BCUT2D eigenvalue weighted by Gasteiger charge is 2.33. The normalized spacial score (nSPS) is 18.3. The highest BCUT2D eigenvalue weighted by atomic mass is 19.1. The second-order valence-electron chi connectivity index (χ2n) is 6.90. The summed E-state index contributed by atoms with van der Waals surface area (Å²) in [4.78, 5) is 0. The number of anilines is 1. The van der Waals surface area contributed by atoms with Crippen molar-refractivity contribution >= 4 is 11.4 Å². The second-order valence-corrected chi connectivity index (χ2v) is 6.90. The number of hydrogen-bond acceptors (Lipinski definition) is 5. The van der Waals surface area contributed by atoms with E-state index in [4.69, 9.17) is 9.26 Å². The van der Waals surface area contributed by atoms with Crippen molar-refractivity contribution in [2.45, 2.75) is 13.8 Å². The Kier molecular flexibility index (Phi) is 3.94. The number of quaternary nitrogens is 1. The van der Waals surface area contributed by atoms with Crippen LogP contribution < -0.4 is 14.7 Å². The Morgan fingerprint density at radius 1 is 1.22 bits per heavy atom. The Bertz CT molecular complexity index is 1020. The van der Waals surface area contributed by atoms with Crippen molar-refractivity contribution in [3.63, 3.8) is 0 Å². The highest BCUT2D eigenvalue weighted by molar-refractivity contribution is 5.95. The van der Waals surface area contributed by atoms with Crippen molar-refractivity contribution in [3.05, 3.63) is 52.8 Å². The number of fused-ring (bicyclic) bond motifs is 1. The number of nitrogens with zero attached hydrogens (tertiary/aromatic N) is 2. The van der Waals surface area contributed by atoms with Crippen molar-refractivity contribution in [1.82, 2.24) is 9.80 Å². The summed E-state index contributed by atoms with van der Waals surface area (Å²) < 4.78 is 24.2. The molecule has 3 aromatic rings. The van der Waals surface area contributed by atoms with Gasteiger partial charge in [-0.1, -0.05) is 5.16 Å². The van der Waals surface area contributed by atoms with Crippen LogP contribution in [0.25, 0.3) is 22.3 Å². The first-order valence-electron chi connectivity index (χ1n) is 8.58. The SMILES string of the molecule is COc1ccc(F)cc1-c1cc(-c2c(C)noc2C)cc2c1[N+](C)([O-])CN2. The van der Waals surface area contributed by atoms with Gasteiger partial charge in [0, 0.05) is 16.7 Å². The van der Waals surface area contributed by atoms with E-state index < -0.39 is 10.5 Å². The maximum absolute atomic E-state index is 14.0. The van der Waals surface area contributed by atoms with E-state index in [1.165, 1.54) is 19.2 Å². The van der Waals surface area contributed by atoms with Crippen molar-refractivity contribution in [2.75, 3.05) is 26.1 Å². The van der Waals surface area contributed by atoms with E-state index in [1.807, 2.05) is 26.0 Å². The van der Waals surface area contributed by atoms with E-state index >= 15 is 0 Å². The van der Waals surface area contributed by atoms with Crippen LogP contribution in [0, 0.1) is 24.9 Å². The molecule has 2 heterocycles. The van der Waals surface area contributed by atoms with Gasteiger partial charge in [-0.2, -0.15) is 0 Å². The van der Waals surface area contributed by atoms with E-state index in [-0.39, 0.29) is 6.67 Å². The summed E-state index contributed by atoms with van der Waals surface area (Å²) in [5.41, 5.74) is 4.89. The number of hydroxylamine groups is 2. The van der Waals surface area contributed by atoms with Gasteiger partial charge in [-0.15, -0.1) is 0 Å². The quantitative estimate of drug-likeness (QED) is 0.540. The summed E-state index contributed by atoms with van der Waals surface area (Å²) in [6.07, 6.45) is 0. The van der Waals surface area contributed by atoms with Gasteiger partial charge in [0.1, 0.15) is 23.0 Å². The molecule has 0 aliphatic carbocycles. The zero-order valence-electron chi connectivity index (χ0n) is 15.6. The first-order valence-corrected chi connectivity index (χ1v) is 8.58. The Morgan fingerprint density at radius 3 is 2.67 bits per heavy atom. The molecule has 140 valence electrons. The third-order valence-corrected chi connectivity index (χ3v) is 4.93. The Morgan fingerprint density at radius 2 is 2.00 bits per heavy atom. The summed E-state index contributed by atoms with van der Waals surface area (Å²) in [6.45, 7) is 3.90. The van der Waals surface area contributed by atoms with Crippen LogP contribution in [0.15, 0.2) is 34.9 Å². The third-order valence-electron chi connectivity index (χ3n) is 4.93. The van der Waals surface area contributed by atoms with Gasteiger partial charge in [-0.05, 0) is 49.7 Å². The summed E-state index contributed by atoms with van der Waals surface area (Å²) in [5.74, 6) is 0.789. The van der Waals surface area contributed by atoms with Gasteiger partial charge in [0.25, 0.3) is 0 Å². The van der Waals surface area contributed by atoms with Crippen LogP contribution in [0.3, 0.4) is 0 Å². The molecule has 6 nitrogen and oxygen atoms in total. The lowest BCUT2D eigenvalue weighted by molar-refractivity contribution is 0.393. The van der Waals surface area contributed by atoms with E-state index in [1.54, 1.807) is 13.1 Å². The van der Waals surface area contributed by atoms with Crippen molar-refractivity contribution < 1.29 is 13.7 Å². The average Bonchev–Trinajstić information content (AvgIpc) is 3.13. The van der Waals surface area contributed by atoms with Crippen LogP contribution in [0.1, 0.15) is 11.5 Å². The number of halogens is 1. The molecule has 0 saturated heterocycles. The standard InChI is InChI=1S/C20H20FN3O3/c1-11-19(12(2)27-23-11)13-7-16(15-9-14(21)5-6-18(15)26-4)20-17(8-13)22-10-24(20,3)25/h5-9,22H,10H2,1-4H3. The third kappa shape index (κ3) is 2.75. The Hall–Kier alpha value is -2.90. The van der Waals surface area contributed by atoms with E-state index in [9.17, 15) is 9.60 Å². The molecule has 1 aliphatic rings. The molecular formula is C20H20FN3O3. The van der Waals surface area contributed by atoms with Crippen LogP contribution in [0.4, 0.5) is 15.8 Å². The molecule has 1 unspecified atom stereocenters. The summed E-state index contributed by atoms with van der Waals surface area (Å²) in [5, 5.41) is 20.2. The van der Waals surface area contributed by atoms with Crippen LogP contribution in [-0.4, -0.2) is 26.0 Å². The lowest BCUT2D eigenvalue weighted by Crippen LogP contribution is -2.37. The smallest absolute Gasteiger partial charge is 0.165 e. The van der Waals surface area contributed by atoms with Gasteiger partial charge in [-0.25, -0.2) is 4.39 Å². The monoisotopic (exact) mass is 369 g/mol. The molecular weight excluding hydrogens is 349 g/mol. The number of rotatable bonds is 3. The topological polar surface area (TPSA) is 70.4 Å². The zero-order chi connectivity index (χ0) is 19.3. The molecule has 2 aromatic carbocycles. The number of benzene rings is 2. The number of methoxy groups -OCH3 is 1. The van der Waals surface area contributed by atoms with Crippen LogP contribution in [0.5, 0.6) is 5.75 Å². The lowest BCUT2D eigenvalue weighted by Gasteiger charge is -2.34. The Labute approximate surface area is 156 Å². The minimum atomic E-state index is -0.605. The van der Waals surface area contributed by atoms with Gasteiger partial charge < -0.3 is 24.4 Å². The predicted octanol–water partition coefficient (Wildman–Crippen LogP) is 4.59. The van der Waals surface area contributed by atoms with E-state index in [2.05, 4.69) is 10.5 Å². The largest absolute Gasteiger partial charge is 0.626 e. The molecule has 1 aliphatic heterocycles. The fraction of sp³-hybridized carbons (Fsp3) is 0.250. The molecule has 0 bridgehead atoms. The second kappa shape index (κ2) is 6.07. The molecule has 0 spiro atoms. The minimum Gasteiger partial charge on any atom is -0.626 e. The molecule has 1 atom stereocenters. The van der Waals surface area contributed by atoms with E-state index in [0.717, 1.165) is 16.8 Å². The van der Waals surface area contributed by atoms with Gasteiger partial charge in [0.2, 0.25) is 0 Å². The van der Waals surface area contributed by atoms with Gasteiger partial charge >= 0.3 is 0 Å². The van der Waals surface area contributed by atoms with E-state index in [0.29, 0.717) is 34.0 Å². The lowest BCUT2D eigenvalue weighted by atomic mass is 9.94. The van der Waals surface area contributed by atoms with Crippen LogP contribution in [0.2, 0.25) is 0 Å². The maximum atomic E-state index is 14.0. The fourth-order valence-corrected chi connectivity index (χ4v) is 3.73. The molecule has 1 aromatic heterocycles. The molecule has 1 N–H and O–H groups in total. The average molecular weight is 369 g/mol. The fourth-order valence-electron chi connectivity index (χ4n) is 3.73.